The molecule has 1 amide bonds. The summed E-state index contributed by atoms with van der Waals surface area (Å²) < 4.78 is 36.6. The van der Waals surface area contributed by atoms with Crippen molar-refractivity contribution in [3.05, 3.63) is 24.3 Å². The second-order valence-corrected chi connectivity index (χ2v) is 29.1. The van der Waals surface area contributed by atoms with E-state index in [1.54, 1.807) is 27.4 Å². The van der Waals surface area contributed by atoms with Crippen LogP contribution in [0.3, 0.4) is 0 Å². The largest absolute Gasteiger partial charge is 0.500 e. The molecule has 11 heteroatoms. The van der Waals surface area contributed by atoms with E-state index in [0.717, 1.165) is 29.5 Å². The summed E-state index contributed by atoms with van der Waals surface area (Å²) in [4.78, 5) is 12.2. The first-order chi connectivity index (χ1) is 17.6. The average molecular weight is 604 g/mol. The minimum Gasteiger partial charge on any atom is -0.456 e. The Labute approximate surface area is 236 Å². The molecule has 0 radical (unpaired) electrons. The Kier molecular flexibility index (Phi) is 14.8. The lowest BCUT2D eigenvalue weighted by atomic mass is 10.1. The highest BCUT2D eigenvalue weighted by Crippen LogP contribution is 2.28. The minimum atomic E-state index is -2.42. The maximum absolute atomic E-state index is 13.2. The lowest BCUT2D eigenvalue weighted by Crippen LogP contribution is -2.47. The smallest absolute Gasteiger partial charge is 0.456 e. The summed E-state index contributed by atoms with van der Waals surface area (Å²) >= 11 is 0. The van der Waals surface area contributed by atoms with Crippen LogP contribution in [0, 0.1) is 0 Å². The molecule has 0 bridgehead atoms. The summed E-state index contributed by atoms with van der Waals surface area (Å²) in [5.74, 6) is 0. The lowest BCUT2D eigenvalue weighted by molar-refractivity contribution is 0.122. The zero-order valence-electron chi connectivity index (χ0n) is 25.7. The van der Waals surface area contributed by atoms with Crippen LogP contribution >= 0.6 is 0 Å². The van der Waals surface area contributed by atoms with Crippen LogP contribution in [0.5, 0.6) is 0 Å². The van der Waals surface area contributed by atoms with Crippen molar-refractivity contribution in [1.29, 1.82) is 0 Å². The summed E-state index contributed by atoms with van der Waals surface area (Å²) in [5, 5.41) is 1.25. The SMILES string of the molecule is CO[Si](CCCCCCCC[Si](C)(C)O[Si](C)(C)CC[Si](C)(C)c1cccc(N(C)C(=O)F)c1)(OC)OC. The molecule has 1 aromatic rings. The number of anilines is 1. The molecule has 0 saturated heterocycles. The van der Waals surface area contributed by atoms with Gasteiger partial charge in [-0.1, -0.05) is 68.6 Å². The molecule has 0 saturated carbocycles. The predicted octanol–water partition coefficient (Wildman–Crippen LogP) is 7.77. The van der Waals surface area contributed by atoms with Crippen LogP contribution in [0.1, 0.15) is 38.5 Å². The van der Waals surface area contributed by atoms with Crippen molar-refractivity contribution in [1.82, 2.24) is 0 Å². The second-order valence-electron chi connectivity index (χ2n) is 12.3. The summed E-state index contributed by atoms with van der Waals surface area (Å²) in [6, 6.07) is 12.2. The van der Waals surface area contributed by atoms with Crippen LogP contribution in [0.4, 0.5) is 14.9 Å². The number of halogens is 1. The van der Waals surface area contributed by atoms with Gasteiger partial charge in [-0.05, 0) is 56.8 Å². The van der Waals surface area contributed by atoms with Gasteiger partial charge in [0.25, 0.3) is 0 Å². The average Bonchev–Trinajstić information content (AvgIpc) is 2.86. The highest BCUT2D eigenvalue weighted by Gasteiger charge is 2.37. The first-order valence-electron chi connectivity index (χ1n) is 14.0. The Balaban J connectivity index is 2.46. The normalized spacial score (nSPS) is 13.1. The van der Waals surface area contributed by atoms with Gasteiger partial charge in [0.15, 0.2) is 16.6 Å². The van der Waals surface area contributed by atoms with Gasteiger partial charge in [0.2, 0.25) is 0 Å². The second kappa shape index (κ2) is 15.9. The monoisotopic (exact) mass is 603 g/mol. The van der Waals surface area contributed by atoms with Crippen molar-refractivity contribution in [3.63, 3.8) is 0 Å². The predicted molar refractivity (Wildman–Crippen MR) is 168 cm³/mol. The van der Waals surface area contributed by atoms with Crippen LogP contribution < -0.4 is 10.1 Å². The molecule has 6 nitrogen and oxygen atoms in total. The third kappa shape index (κ3) is 12.2. The van der Waals surface area contributed by atoms with Crippen LogP contribution in [-0.4, -0.2) is 68.1 Å². The molecule has 0 aliphatic carbocycles. The molecule has 0 N–H and O–H groups in total. The van der Waals surface area contributed by atoms with Gasteiger partial charge < -0.3 is 17.4 Å². The van der Waals surface area contributed by atoms with Gasteiger partial charge in [0.1, 0.15) is 0 Å². The number of carbonyl (C=O) groups excluding carboxylic acids is 1. The Morgan fingerprint density at radius 2 is 1.26 bits per heavy atom. The summed E-state index contributed by atoms with van der Waals surface area (Å²) in [5.41, 5.74) is 0.617. The number of hydrogen-bond donors (Lipinski definition) is 0. The van der Waals surface area contributed by atoms with E-state index in [1.165, 1.54) is 50.4 Å². The molecule has 1 rings (SSSR count). The van der Waals surface area contributed by atoms with Crippen LogP contribution in [0.25, 0.3) is 0 Å². The molecule has 0 fully saturated rings. The van der Waals surface area contributed by atoms with E-state index >= 15 is 0 Å². The van der Waals surface area contributed by atoms with E-state index in [2.05, 4.69) is 45.3 Å². The molecule has 0 aliphatic rings. The van der Waals surface area contributed by atoms with Crippen molar-refractivity contribution < 1.29 is 26.6 Å². The number of carbonyl (C=O) groups is 1. The first kappa shape index (κ1) is 35.4. The van der Waals surface area contributed by atoms with Gasteiger partial charge in [-0.2, -0.15) is 0 Å². The van der Waals surface area contributed by atoms with Crippen LogP contribution in [-0.2, 0) is 17.4 Å². The molecule has 1 aromatic carbocycles. The molecule has 0 atom stereocenters. The number of amides is 1. The minimum absolute atomic E-state index is 0.617. The standard InChI is InChI=1S/C27H54FNO5Si4/c1-29(27(28)30)25-18-17-19-26(24-25)35(5,6)22-23-37(9,10)34-36(7,8)20-15-13-11-12-14-16-21-38(31-2,32-3)33-4/h17-19,24H,11-16,20-23H2,1-10H3. The molecule has 0 spiro atoms. The van der Waals surface area contributed by atoms with Crippen molar-refractivity contribution in [2.45, 2.75) is 102 Å². The molecule has 0 heterocycles. The first-order valence-corrected chi connectivity index (χ1v) is 25.4. The zero-order chi connectivity index (χ0) is 29.0. The Hall–Kier alpha value is -0.672. The molecule has 0 aliphatic heterocycles. The van der Waals surface area contributed by atoms with E-state index in [9.17, 15) is 9.18 Å². The Morgan fingerprint density at radius 1 is 0.763 bits per heavy atom. The lowest BCUT2D eigenvalue weighted by Gasteiger charge is -2.36. The quantitative estimate of drug-likeness (QED) is 0.0700. The van der Waals surface area contributed by atoms with E-state index in [1.807, 2.05) is 12.1 Å². The number of hydrogen-bond acceptors (Lipinski definition) is 5. The fourth-order valence-electron chi connectivity index (χ4n) is 5.00. The van der Waals surface area contributed by atoms with E-state index < -0.39 is 39.7 Å². The van der Waals surface area contributed by atoms with Crippen molar-refractivity contribution in [2.24, 2.45) is 0 Å². The van der Waals surface area contributed by atoms with Gasteiger partial charge in [-0.25, -0.2) is 4.79 Å². The fourth-order valence-corrected chi connectivity index (χ4v) is 21.0. The highest BCUT2D eigenvalue weighted by molar-refractivity contribution is 6.92. The van der Waals surface area contributed by atoms with Gasteiger partial charge in [0.05, 0.1) is 8.07 Å². The number of benzene rings is 1. The maximum atomic E-state index is 13.2. The van der Waals surface area contributed by atoms with Crippen molar-refractivity contribution in [2.75, 3.05) is 33.3 Å². The molecule has 0 aromatic heterocycles. The summed E-state index contributed by atoms with van der Waals surface area (Å²) in [6.45, 7) is 14.2. The number of unbranched alkanes of at least 4 members (excludes halogenated alkanes) is 5. The van der Waals surface area contributed by atoms with Gasteiger partial charge in [-0.3, -0.25) is 4.90 Å². The topological polar surface area (TPSA) is 57.2 Å². The fraction of sp³-hybridized carbons (Fsp3) is 0.741. The number of rotatable bonds is 19. The molecule has 220 valence electrons. The summed E-state index contributed by atoms with van der Waals surface area (Å²) in [7, 11) is -1.19. The van der Waals surface area contributed by atoms with E-state index in [4.69, 9.17) is 17.4 Å². The van der Waals surface area contributed by atoms with Crippen molar-refractivity contribution >= 4 is 50.5 Å². The Morgan fingerprint density at radius 3 is 1.79 bits per heavy atom. The van der Waals surface area contributed by atoms with Gasteiger partial charge >= 0.3 is 15.0 Å². The van der Waals surface area contributed by atoms with Gasteiger partial charge in [0, 0.05) is 40.1 Å². The van der Waals surface area contributed by atoms with E-state index in [-0.39, 0.29) is 0 Å². The van der Waals surface area contributed by atoms with Crippen molar-refractivity contribution in [3.8, 4) is 0 Å². The number of nitrogens with zero attached hydrogens (tertiary/aromatic N) is 1. The molecule has 38 heavy (non-hydrogen) atoms. The summed E-state index contributed by atoms with van der Waals surface area (Å²) in [6.07, 6.45) is 5.83. The van der Waals surface area contributed by atoms with E-state index in [0.29, 0.717) is 5.69 Å². The molecular weight excluding hydrogens is 550 g/mol. The zero-order valence-corrected chi connectivity index (χ0v) is 29.7. The third-order valence-corrected chi connectivity index (χ3v) is 21.8. The van der Waals surface area contributed by atoms with Gasteiger partial charge in [-0.15, -0.1) is 4.39 Å². The highest BCUT2D eigenvalue weighted by atomic mass is 28.4. The third-order valence-electron chi connectivity index (χ3n) is 7.63. The molecule has 0 unspecified atom stereocenters. The maximum Gasteiger partial charge on any atom is 0.500 e. The molecular formula is C27H54FNO5Si4. The Bertz CT molecular complexity index is 844. The van der Waals surface area contributed by atoms with Crippen LogP contribution in [0.2, 0.25) is 63.5 Å². The van der Waals surface area contributed by atoms with Crippen LogP contribution in [0.15, 0.2) is 24.3 Å².